The lowest BCUT2D eigenvalue weighted by molar-refractivity contribution is -0.115. The summed E-state index contributed by atoms with van der Waals surface area (Å²) in [7, 11) is -0.00700. The van der Waals surface area contributed by atoms with Crippen molar-refractivity contribution in [2.24, 2.45) is 11.8 Å². The van der Waals surface area contributed by atoms with Crippen molar-refractivity contribution < 1.29 is 22.7 Å². The molecule has 0 spiro atoms. The number of ether oxygens (including phenoxy) is 1. The van der Waals surface area contributed by atoms with Crippen molar-refractivity contribution in [2.45, 2.75) is 90.8 Å². The van der Waals surface area contributed by atoms with Gasteiger partial charge in [0.1, 0.15) is 5.75 Å². The number of hydrogen-bond acceptors (Lipinski definition) is 8. The minimum absolute atomic E-state index is 0.00456. The Morgan fingerprint density at radius 1 is 1.02 bits per heavy atom. The maximum absolute atomic E-state index is 14.6. The largest absolute Gasteiger partial charge is 0.497 e. The monoisotopic (exact) mass is 782 g/mol. The Bertz CT molecular complexity index is 2100. The molecule has 3 fully saturated rings. The second-order valence-electron chi connectivity index (χ2n) is 16.9. The Balaban J connectivity index is 1.38. The van der Waals surface area contributed by atoms with Crippen LogP contribution in [0, 0.1) is 11.8 Å². The van der Waals surface area contributed by atoms with Gasteiger partial charge in [0, 0.05) is 61.1 Å². The van der Waals surface area contributed by atoms with Gasteiger partial charge in [-0.25, -0.2) is 13.1 Å². The number of piperazine rings is 1. The van der Waals surface area contributed by atoms with E-state index < -0.39 is 15.9 Å². The summed E-state index contributed by atoms with van der Waals surface area (Å²) in [4.78, 5) is 35.1. The van der Waals surface area contributed by atoms with Crippen molar-refractivity contribution in [1.82, 2.24) is 29.2 Å². The third-order valence-corrected chi connectivity index (χ3v) is 13.7. The summed E-state index contributed by atoms with van der Waals surface area (Å²) in [6, 6.07) is 6.83. The minimum atomic E-state index is -3.85. The highest BCUT2D eigenvalue weighted by Gasteiger charge is 2.41. The molecule has 1 aromatic heterocycles. The number of rotatable bonds is 9. The highest BCUT2D eigenvalue weighted by atomic mass is 32.2. The van der Waals surface area contributed by atoms with Crippen LogP contribution in [-0.2, 0) is 14.8 Å². The molecule has 2 aromatic rings. The quantitative estimate of drug-likeness (QED) is 0.299. The van der Waals surface area contributed by atoms with Crippen molar-refractivity contribution >= 4 is 39.2 Å². The minimum Gasteiger partial charge on any atom is -0.497 e. The van der Waals surface area contributed by atoms with E-state index in [0.29, 0.717) is 43.8 Å². The van der Waals surface area contributed by atoms with Gasteiger partial charge in [0.2, 0.25) is 10.0 Å². The molecular weight excluding hydrogens is 725 g/mol. The maximum atomic E-state index is 14.6. The van der Waals surface area contributed by atoms with Crippen LogP contribution in [0.25, 0.3) is 17.3 Å². The van der Waals surface area contributed by atoms with E-state index in [1.165, 1.54) is 6.42 Å². The number of allylic oxidation sites excluding steroid dienone is 3. The molecule has 2 saturated heterocycles. The smallest absolute Gasteiger partial charge is 0.264 e. The average Bonchev–Trinajstić information content (AvgIpc) is 3.63. The second kappa shape index (κ2) is 16.2. The Morgan fingerprint density at radius 2 is 1.73 bits per heavy atom. The van der Waals surface area contributed by atoms with Crippen LogP contribution in [0.1, 0.15) is 106 Å². The number of benzene rings is 1. The number of aromatic nitrogens is 2. The van der Waals surface area contributed by atoms with Gasteiger partial charge < -0.3 is 14.5 Å². The topological polar surface area (TPSA) is 117 Å². The van der Waals surface area contributed by atoms with E-state index in [9.17, 15) is 18.0 Å². The van der Waals surface area contributed by atoms with E-state index in [1.807, 2.05) is 41.6 Å². The first-order valence-corrected chi connectivity index (χ1v) is 22.0. The van der Waals surface area contributed by atoms with E-state index >= 15 is 0 Å². The lowest BCUT2D eigenvalue weighted by Gasteiger charge is -2.39. The molecule has 7 rings (SSSR count). The zero-order valence-corrected chi connectivity index (χ0v) is 34.7. The van der Waals surface area contributed by atoms with Gasteiger partial charge in [-0.05, 0) is 111 Å². The lowest BCUT2D eigenvalue weighted by Crippen LogP contribution is -2.53. The van der Waals surface area contributed by atoms with Gasteiger partial charge >= 0.3 is 0 Å². The molecule has 1 N–H and O–H groups in total. The van der Waals surface area contributed by atoms with Gasteiger partial charge in [0.15, 0.2) is 0 Å². The number of likely N-dealkylation sites (tertiary alicyclic amines) is 1. The molecule has 5 heterocycles. The number of methoxy groups -OCH3 is 1. The fourth-order valence-electron chi connectivity index (χ4n) is 9.39. The van der Waals surface area contributed by atoms with Crippen LogP contribution < -0.4 is 9.46 Å². The molecule has 300 valence electrons. The van der Waals surface area contributed by atoms with E-state index in [2.05, 4.69) is 60.2 Å². The summed E-state index contributed by atoms with van der Waals surface area (Å²) in [6.45, 7) is 14.5. The molecular formula is C44H58N6O5S. The van der Waals surface area contributed by atoms with Crippen LogP contribution in [0.4, 0.5) is 0 Å². The lowest BCUT2D eigenvalue weighted by atomic mass is 9.78. The molecule has 5 aliphatic rings. The number of fused-ring (bicyclic) bond motifs is 5. The van der Waals surface area contributed by atoms with Crippen molar-refractivity contribution in [1.29, 1.82) is 0 Å². The highest BCUT2D eigenvalue weighted by Crippen LogP contribution is 2.44. The number of nitrogens with one attached hydrogen (secondary N) is 1. The van der Waals surface area contributed by atoms with Crippen LogP contribution in [0.2, 0.25) is 0 Å². The Labute approximate surface area is 332 Å². The first kappa shape index (κ1) is 39.8. The van der Waals surface area contributed by atoms with Crippen LogP contribution in [0.3, 0.4) is 0 Å². The van der Waals surface area contributed by atoms with Crippen LogP contribution >= 0.6 is 0 Å². The van der Waals surface area contributed by atoms with Crippen LogP contribution in [0.5, 0.6) is 5.75 Å². The Morgan fingerprint density at radius 3 is 2.39 bits per heavy atom. The van der Waals surface area contributed by atoms with Gasteiger partial charge in [-0.1, -0.05) is 51.8 Å². The van der Waals surface area contributed by atoms with Gasteiger partial charge in [-0.3, -0.25) is 19.2 Å². The van der Waals surface area contributed by atoms with Crippen molar-refractivity contribution in [3.05, 3.63) is 88.3 Å². The third kappa shape index (κ3) is 8.05. The zero-order chi connectivity index (χ0) is 39.9. The van der Waals surface area contributed by atoms with Gasteiger partial charge in [-0.2, -0.15) is 5.10 Å². The number of sulfonamides is 1. The van der Waals surface area contributed by atoms with E-state index in [-0.39, 0.29) is 35.1 Å². The molecule has 1 aliphatic carbocycles. The highest BCUT2D eigenvalue weighted by molar-refractivity contribution is 7.90. The molecule has 2 atom stereocenters. The average molecular weight is 783 g/mol. The first-order valence-electron chi connectivity index (χ1n) is 20.3. The predicted octanol–water partition coefficient (Wildman–Crippen LogP) is 6.69. The summed E-state index contributed by atoms with van der Waals surface area (Å²) in [6.07, 6.45) is 17.0. The van der Waals surface area contributed by atoms with Crippen molar-refractivity contribution in [3.63, 3.8) is 0 Å². The molecule has 2 amide bonds. The SMILES string of the molecule is C=C1/C=C\C(C(=O)NS(=O)(=O)CC(C)C)=C/CN2CC(c3c(C(=O)N4C[C@H]5CC[C@@H](C4)N5C)cnn3C(C)C)=Cc3cc(OC)ccc3/C2=C/1C1CCCCC1. The standard InChI is InChI=1S/C44H58N6O5S/c1-28(2)27-56(53,54)46-43(51)32-14-13-30(5)40(31-11-9-8-10-12-31)42-38-18-17-37(55-7)22-33(38)21-34(24-48(42)20-19-32)41-39(23-45-50(41)29(3)4)44(52)49-25-35-15-16-36(26-49)47(35)6/h13-14,17-19,21-23,28-29,31,35-36H,5,8-12,15-16,20,24-27H2,1-4,6-7H3,(H,46,51)/b14-13-,32-19+,42-40+/t35-,36+. The summed E-state index contributed by atoms with van der Waals surface area (Å²) >= 11 is 0. The summed E-state index contributed by atoms with van der Waals surface area (Å²) in [5, 5.41) is 4.86. The van der Waals surface area contributed by atoms with E-state index in [0.717, 1.165) is 83.5 Å². The summed E-state index contributed by atoms with van der Waals surface area (Å²) in [5.74, 6) is -0.00546. The number of carbonyl (C=O) groups excluding carboxylic acids is 2. The normalized spacial score (nSPS) is 25.0. The molecule has 2 bridgehead atoms. The van der Waals surface area contributed by atoms with Crippen molar-refractivity contribution in [2.75, 3.05) is 46.1 Å². The second-order valence-corrected chi connectivity index (χ2v) is 18.7. The van der Waals surface area contributed by atoms with Crippen LogP contribution in [-0.4, -0.2) is 103 Å². The summed E-state index contributed by atoms with van der Waals surface area (Å²) < 4.78 is 35.9. The van der Waals surface area contributed by atoms with E-state index in [4.69, 9.17) is 9.84 Å². The Hall–Kier alpha value is -4.42. The van der Waals surface area contributed by atoms with E-state index in [1.54, 1.807) is 19.4 Å². The number of nitrogens with zero attached hydrogens (tertiary/aromatic N) is 5. The predicted molar refractivity (Wildman–Crippen MR) is 222 cm³/mol. The fourth-order valence-corrected chi connectivity index (χ4v) is 10.8. The molecule has 11 nitrogen and oxygen atoms in total. The van der Waals surface area contributed by atoms with Crippen LogP contribution in [0.15, 0.2) is 65.9 Å². The maximum Gasteiger partial charge on any atom is 0.264 e. The molecule has 0 unspecified atom stereocenters. The number of carbonyl (C=O) groups is 2. The van der Waals surface area contributed by atoms with Gasteiger partial charge in [0.25, 0.3) is 11.8 Å². The van der Waals surface area contributed by atoms with Gasteiger partial charge in [-0.15, -0.1) is 0 Å². The van der Waals surface area contributed by atoms with Gasteiger partial charge in [0.05, 0.1) is 30.3 Å². The summed E-state index contributed by atoms with van der Waals surface area (Å²) in [5.41, 5.74) is 7.45. The molecule has 0 radical (unpaired) electrons. The zero-order valence-electron chi connectivity index (χ0n) is 33.9. The fraction of sp³-hybridized carbons (Fsp3) is 0.523. The molecule has 1 aromatic carbocycles. The first-order chi connectivity index (χ1) is 26.7. The Kier molecular flexibility index (Phi) is 11.5. The molecule has 12 heteroatoms. The molecule has 4 aliphatic heterocycles. The molecule has 56 heavy (non-hydrogen) atoms. The molecule has 1 saturated carbocycles. The van der Waals surface area contributed by atoms with Crippen molar-refractivity contribution in [3.8, 4) is 5.75 Å². The number of likely N-dealkylation sites (N-methyl/N-ethyl adjacent to an activating group) is 1. The number of hydrogen-bond donors (Lipinski definition) is 1. The number of amides is 2. The third-order valence-electron chi connectivity index (χ3n) is 12.1.